The standard InChI is InChI=1S/C9H12O.C6H4N2O4/c1-2-5-8-6-3-4-7-9(8)10;9-7(10)5-2-1-3-6(4-5)8(11)12/h3-4,6-7,10H,2,5H2,1H3;1-4H. The predicted molar refractivity (Wildman–Crippen MR) is 81.9 cm³/mol. The summed E-state index contributed by atoms with van der Waals surface area (Å²) >= 11 is 0. The summed E-state index contributed by atoms with van der Waals surface area (Å²) in [5.74, 6) is 0.421. The molecule has 0 aliphatic carbocycles. The molecule has 2 aromatic rings. The number of hydrogen-bond donors (Lipinski definition) is 1. The number of phenolic OH excluding ortho intramolecular Hbond substituents is 1. The zero-order chi connectivity index (χ0) is 16.5. The van der Waals surface area contributed by atoms with Gasteiger partial charge in [0.1, 0.15) is 5.75 Å². The Morgan fingerprint density at radius 1 is 0.955 bits per heavy atom. The van der Waals surface area contributed by atoms with E-state index in [0.29, 0.717) is 5.75 Å². The third-order valence-electron chi connectivity index (χ3n) is 2.76. The van der Waals surface area contributed by atoms with E-state index in [9.17, 15) is 25.3 Å². The number of rotatable bonds is 4. The van der Waals surface area contributed by atoms with E-state index in [0.717, 1.165) is 24.5 Å². The molecule has 0 aliphatic rings. The Hall–Kier alpha value is -2.96. The SMILES string of the molecule is CCCc1ccccc1O.O=[N+]([O-])c1cccc([N+](=O)[O-])c1. The molecule has 0 bridgehead atoms. The molecule has 2 rings (SSSR count). The summed E-state index contributed by atoms with van der Waals surface area (Å²) in [5.41, 5.74) is 0.499. The molecule has 0 unspecified atom stereocenters. The lowest BCUT2D eigenvalue weighted by atomic mass is 10.1. The van der Waals surface area contributed by atoms with Gasteiger partial charge in [-0.25, -0.2) is 0 Å². The first-order chi connectivity index (χ1) is 10.5. The molecule has 1 N–H and O–H groups in total. The van der Waals surface area contributed by atoms with Crippen LogP contribution in [0.15, 0.2) is 48.5 Å². The van der Waals surface area contributed by atoms with E-state index in [1.54, 1.807) is 6.07 Å². The van der Waals surface area contributed by atoms with Crippen molar-refractivity contribution >= 4 is 11.4 Å². The number of nitrogens with zero attached hydrogens (tertiary/aromatic N) is 2. The minimum absolute atomic E-state index is 0.274. The first-order valence-corrected chi connectivity index (χ1v) is 6.61. The van der Waals surface area contributed by atoms with Crippen molar-refractivity contribution in [3.8, 4) is 5.75 Å². The smallest absolute Gasteiger partial charge is 0.276 e. The Morgan fingerprint density at radius 2 is 1.50 bits per heavy atom. The van der Waals surface area contributed by atoms with Crippen LogP contribution in [-0.4, -0.2) is 15.0 Å². The lowest BCUT2D eigenvalue weighted by molar-refractivity contribution is -0.394. The van der Waals surface area contributed by atoms with Gasteiger partial charge in [0.25, 0.3) is 11.4 Å². The van der Waals surface area contributed by atoms with Crippen LogP contribution >= 0.6 is 0 Å². The highest BCUT2D eigenvalue weighted by molar-refractivity contribution is 5.42. The van der Waals surface area contributed by atoms with E-state index >= 15 is 0 Å². The second-order valence-corrected chi connectivity index (χ2v) is 4.41. The number of hydrogen-bond acceptors (Lipinski definition) is 5. The molecule has 0 radical (unpaired) electrons. The number of benzene rings is 2. The highest BCUT2D eigenvalue weighted by atomic mass is 16.6. The maximum atomic E-state index is 10.2. The van der Waals surface area contributed by atoms with Crippen LogP contribution in [0.4, 0.5) is 11.4 Å². The average Bonchev–Trinajstić information content (AvgIpc) is 2.50. The first kappa shape index (κ1) is 17.1. The average molecular weight is 304 g/mol. The molecule has 7 nitrogen and oxygen atoms in total. The Bertz CT molecular complexity index is 629. The summed E-state index contributed by atoms with van der Waals surface area (Å²) in [6, 6.07) is 12.1. The van der Waals surface area contributed by atoms with Gasteiger partial charge in [-0.15, -0.1) is 0 Å². The van der Waals surface area contributed by atoms with Crippen molar-refractivity contribution in [2.45, 2.75) is 19.8 Å². The van der Waals surface area contributed by atoms with E-state index in [1.807, 2.05) is 18.2 Å². The van der Waals surface area contributed by atoms with Crippen molar-refractivity contribution in [1.82, 2.24) is 0 Å². The van der Waals surface area contributed by atoms with Crippen LogP contribution in [0.25, 0.3) is 0 Å². The van der Waals surface area contributed by atoms with Crippen molar-refractivity contribution in [3.05, 3.63) is 74.3 Å². The molecule has 0 spiro atoms. The lowest BCUT2D eigenvalue weighted by Crippen LogP contribution is -1.91. The van der Waals surface area contributed by atoms with Crippen molar-refractivity contribution < 1.29 is 15.0 Å². The highest BCUT2D eigenvalue weighted by Crippen LogP contribution is 2.18. The lowest BCUT2D eigenvalue weighted by Gasteiger charge is -1.99. The van der Waals surface area contributed by atoms with Crippen LogP contribution in [0.1, 0.15) is 18.9 Å². The van der Waals surface area contributed by atoms with Crippen LogP contribution < -0.4 is 0 Å². The molecule has 22 heavy (non-hydrogen) atoms. The van der Waals surface area contributed by atoms with Gasteiger partial charge in [0.2, 0.25) is 0 Å². The van der Waals surface area contributed by atoms with E-state index in [1.165, 1.54) is 18.2 Å². The van der Waals surface area contributed by atoms with Crippen LogP contribution in [-0.2, 0) is 6.42 Å². The minimum atomic E-state index is -0.674. The number of aromatic hydroxyl groups is 1. The Balaban J connectivity index is 0.000000224. The van der Waals surface area contributed by atoms with Crippen molar-refractivity contribution in [3.63, 3.8) is 0 Å². The van der Waals surface area contributed by atoms with E-state index in [4.69, 9.17) is 0 Å². The van der Waals surface area contributed by atoms with Crippen molar-refractivity contribution in [2.24, 2.45) is 0 Å². The maximum Gasteiger partial charge on any atom is 0.276 e. The van der Waals surface area contributed by atoms with E-state index in [2.05, 4.69) is 6.92 Å². The molecule has 0 saturated heterocycles. The van der Waals surface area contributed by atoms with Crippen molar-refractivity contribution in [2.75, 3.05) is 0 Å². The van der Waals surface area contributed by atoms with E-state index in [-0.39, 0.29) is 11.4 Å². The first-order valence-electron chi connectivity index (χ1n) is 6.61. The number of aryl methyl sites for hydroxylation is 1. The molecule has 2 aromatic carbocycles. The van der Waals surface area contributed by atoms with Crippen molar-refractivity contribution in [1.29, 1.82) is 0 Å². The van der Waals surface area contributed by atoms with Gasteiger partial charge < -0.3 is 5.11 Å². The number of nitro groups is 2. The van der Waals surface area contributed by atoms with Gasteiger partial charge >= 0.3 is 0 Å². The molecular formula is C15H16N2O5. The third-order valence-corrected chi connectivity index (χ3v) is 2.76. The predicted octanol–water partition coefficient (Wildman–Crippen LogP) is 3.85. The van der Waals surface area contributed by atoms with Gasteiger partial charge in [-0.3, -0.25) is 20.2 Å². The zero-order valence-corrected chi connectivity index (χ0v) is 12.0. The Labute approximate surface area is 127 Å². The van der Waals surface area contributed by atoms with Crippen LogP contribution in [0.5, 0.6) is 5.75 Å². The van der Waals surface area contributed by atoms with E-state index < -0.39 is 9.85 Å². The molecular weight excluding hydrogens is 288 g/mol. The van der Waals surface area contributed by atoms with Crippen LogP contribution in [0.2, 0.25) is 0 Å². The minimum Gasteiger partial charge on any atom is -0.508 e. The molecule has 0 saturated carbocycles. The quantitative estimate of drug-likeness (QED) is 0.682. The third kappa shape index (κ3) is 5.20. The molecule has 7 heteroatoms. The number of non-ortho nitro benzene ring substituents is 2. The van der Waals surface area contributed by atoms with Gasteiger partial charge in [0.05, 0.1) is 15.9 Å². The normalized spacial score (nSPS) is 9.50. The topological polar surface area (TPSA) is 107 Å². The summed E-state index contributed by atoms with van der Waals surface area (Å²) in [5, 5.41) is 29.6. The fourth-order valence-corrected chi connectivity index (χ4v) is 1.71. The highest BCUT2D eigenvalue weighted by Gasteiger charge is 2.11. The zero-order valence-electron chi connectivity index (χ0n) is 12.0. The number of nitro benzene ring substituents is 2. The number of para-hydroxylation sites is 1. The molecule has 0 aromatic heterocycles. The summed E-state index contributed by atoms with van der Waals surface area (Å²) < 4.78 is 0. The van der Waals surface area contributed by atoms with Gasteiger partial charge in [-0.2, -0.15) is 0 Å². The molecule has 116 valence electrons. The fourth-order valence-electron chi connectivity index (χ4n) is 1.71. The molecule has 0 aliphatic heterocycles. The molecule has 0 atom stereocenters. The van der Waals surface area contributed by atoms with Crippen LogP contribution in [0, 0.1) is 20.2 Å². The molecule has 0 heterocycles. The second-order valence-electron chi connectivity index (χ2n) is 4.41. The Kier molecular flexibility index (Phi) is 6.49. The van der Waals surface area contributed by atoms with Gasteiger partial charge in [-0.05, 0) is 24.1 Å². The van der Waals surface area contributed by atoms with Gasteiger partial charge in [-0.1, -0.05) is 31.5 Å². The summed E-state index contributed by atoms with van der Waals surface area (Å²) in [6.07, 6.45) is 2.05. The maximum absolute atomic E-state index is 10.2. The summed E-state index contributed by atoms with van der Waals surface area (Å²) in [6.45, 7) is 2.10. The summed E-state index contributed by atoms with van der Waals surface area (Å²) in [4.78, 5) is 19.0. The number of phenols is 1. The van der Waals surface area contributed by atoms with Gasteiger partial charge in [0, 0.05) is 12.1 Å². The van der Waals surface area contributed by atoms with Gasteiger partial charge in [0.15, 0.2) is 0 Å². The monoisotopic (exact) mass is 304 g/mol. The molecule has 0 fully saturated rings. The second kappa shape index (κ2) is 8.35. The largest absolute Gasteiger partial charge is 0.508 e. The Morgan fingerprint density at radius 3 is 1.95 bits per heavy atom. The van der Waals surface area contributed by atoms with Crippen LogP contribution in [0.3, 0.4) is 0 Å². The molecule has 0 amide bonds. The fraction of sp³-hybridized carbons (Fsp3) is 0.200. The summed E-state index contributed by atoms with van der Waals surface area (Å²) in [7, 11) is 0.